The number of amides is 1. The van der Waals surface area contributed by atoms with Crippen LogP contribution in [0.25, 0.3) is 16.3 Å². The summed E-state index contributed by atoms with van der Waals surface area (Å²) in [4.78, 5) is 25.6. The predicted molar refractivity (Wildman–Crippen MR) is 142 cm³/mol. The Kier molecular flexibility index (Phi) is 7.87. The highest BCUT2D eigenvalue weighted by atomic mass is 16.5. The lowest BCUT2D eigenvalue weighted by Crippen LogP contribution is -2.15. The fourth-order valence-corrected chi connectivity index (χ4v) is 4.03. The minimum absolute atomic E-state index is 0.0536. The molecule has 0 saturated heterocycles. The number of fused-ring (bicyclic) bond motifs is 1. The van der Waals surface area contributed by atoms with Crippen molar-refractivity contribution in [3.05, 3.63) is 59.8 Å². The average molecular weight is 489 g/mol. The van der Waals surface area contributed by atoms with Crippen molar-refractivity contribution in [2.45, 2.75) is 32.7 Å². The van der Waals surface area contributed by atoms with E-state index in [4.69, 9.17) is 16.2 Å². The molecule has 10 heteroatoms. The molecule has 1 saturated carbocycles. The quantitative estimate of drug-likeness (QED) is 0.213. The largest absolute Gasteiger partial charge is 0.383 e. The van der Waals surface area contributed by atoms with Crippen molar-refractivity contribution in [1.29, 1.82) is 0 Å². The highest BCUT2D eigenvalue weighted by molar-refractivity contribution is 5.98. The standard InChI is InChI=1S/C26H32N8O2/c1-16(4-6-29-3)17(2)23-10-18-11-24(30-14-22(18)25(28)32-23)33-26(35)21-12-20(21)19-13-31-34(15-19)7-9-36-8-5-27/h4,6,10-11,13-15,20-21H,3,5,7-9,12,27H2,1-2H3,(H2,28,32)(H,30,33,35)/b6-4-,17-16+/t20-,21+/m0/s1. The Morgan fingerprint density at radius 3 is 2.94 bits per heavy atom. The summed E-state index contributed by atoms with van der Waals surface area (Å²) in [6, 6.07) is 3.78. The van der Waals surface area contributed by atoms with Gasteiger partial charge in [0.25, 0.3) is 0 Å². The summed E-state index contributed by atoms with van der Waals surface area (Å²) in [6.07, 6.45) is 9.73. The van der Waals surface area contributed by atoms with Crippen LogP contribution in [0.4, 0.5) is 11.6 Å². The van der Waals surface area contributed by atoms with Gasteiger partial charge in [-0.3, -0.25) is 14.5 Å². The summed E-state index contributed by atoms with van der Waals surface area (Å²) in [5.74, 6) is 0.867. The van der Waals surface area contributed by atoms with Crippen molar-refractivity contribution in [2.75, 3.05) is 30.8 Å². The molecule has 0 aromatic carbocycles. The van der Waals surface area contributed by atoms with Crippen LogP contribution in [0.2, 0.25) is 0 Å². The highest BCUT2D eigenvalue weighted by Gasteiger charge is 2.44. The van der Waals surface area contributed by atoms with E-state index in [0.717, 1.165) is 39.6 Å². The molecule has 4 rings (SSSR count). The molecule has 36 heavy (non-hydrogen) atoms. The maximum atomic E-state index is 12.9. The van der Waals surface area contributed by atoms with Crippen molar-refractivity contribution in [3.63, 3.8) is 0 Å². The number of nitrogens with one attached hydrogen (secondary N) is 1. The maximum absolute atomic E-state index is 12.9. The number of rotatable bonds is 11. The summed E-state index contributed by atoms with van der Waals surface area (Å²) in [7, 11) is 0. The van der Waals surface area contributed by atoms with Gasteiger partial charge in [0.2, 0.25) is 5.91 Å². The van der Waals surface area contributed by atoms with E-state index in [0.29, 0.717) is 37.9 Å². The fourth-order valence-electron chi connectivity index (χ4n) is 4.03. The number of carbonyl (C=O) groups is 1. The lowest BCUT2D eigenvalue weighted by Gasteiger charge is -2.10. The number of aromatic nitrogens is 4. The zero-order chi connectivity index (χ0) is 25.7. The number of carbonyl (C=O) groups excluding carboxylic acids is 1. The van der Waals surface area contributed by atoms with Gasteiger partial charge in [0, 0.05) is 36.4 Å². The first kappa shape index (κ1) is 25.2. The van der Waals surface area contributed by atoms with Crippen molar-refractivity contribution in [1.82, 2.24) is 19.7 Å². The number of anilines is 2. The molecular formula is C26H32N8O2. The number of ether oxygens (including phenoxy) is 1. The van der Waals surface area contributed by atoms with E-state index in [-0.39, 0.29) is 17.7 Å². The van der Waals surface area contributed by atoms with Crippen molar-refractivity contribution in [3.8, 4) is 0 Å². The lowest BCUT2D eigenvalue weighted by atomic mass is 10.0. The smallest absolute Gasteiger partial charge is 0.229 e. The molecule has 1 aliphatic rings. The molecule has 1 fully saturated rings. The van der Waals surface area contributed by atoms with Crippen LogP contribution in [0.15, 0.2) is 53.6 Å². The number of aliphatic imine (C=N–C) groups is 1. The Bertz CT molecular complexity index is 1330. The number of hydrogen-bond acceptors (Lipinski definition) is 8. The van der Waals surface area contributed by atoms with Crippen molar-refractivity contribution >= 4 is 40.6 Å². The predicted octanol–water partition coefficient (Wildman–Crippen LogP) is 3.13. The van der Waals surface area contributed by atoms with Gasteiger partial charge in [-0.1, -0.05) is 0 Å². The molecule has 0 bridgehead atoms. The van der Waals surface area contributed by atoms with E-state index >= 15 is 0 Å². The van der Waals surface area contributed by atoms with Crippen LogP contribution in [-0.2, 0) is 16.1 Å². The molecule has 5 N–H and O–H groups in total. The molecule has 188 valence electrons. The van der Waals surface area contributed by atoms with Crippen molar-refractivity contribution in [2.24, 2.45) is 16.6 Å². The van der Waals surface area contributed by atoms with Crippen LogP contribution in [-0.4, -0.2) is 52.1 Å². The van der Waals surface area contributed by atoms with Gasteiger partial charge < -0.3 is 21.5 Å². The second kappa shape index (κ2) is 11.2. The number of allylic oxidation sites excluding steroid dienone is 3. The normalized spacial score (nSPS) is 17.9. The van der Waals surface area contributed by atoms with Crippen LogP contribution in [0, 0.1) is 5.92 Å². The first-order valence-corrected chi connectivity index (χ1v) is 11.9. The molecule has 1 amide bonds. The first-order valence-electron chi connectivity index (χ1n) is 11.9. The van der Waals surface area contributed by atoms with Crippen LogP contribution in [0.5, 0.6) is 0 Å². The fraction of sp³-hybridized carbons (Fsp3) is 0.346. The van der Waals surface area contributed by atoms with Gasteiger partial charge in [0.15, 0.2) is 0 Å². The Balaban J connectivity index is 1.43. The van der Waals surface area contributed by atoms with Gasteiger partial charge in [-0.15, -0.1) is 0 Å². The molecule has 3 heterocycles. The van der Waals surface area contributed by atoms with Crippen LogP contribution in [0.3, 0.4) is 0 Å². The number of nitrogen functional groups attached to an aromatic ring is 1. The van der Waals surface area contributed by atoms with Crippen LogP contribution in [0.1, 0.15) is 37.4 Å². The molecule has 3 aromatic heterocycles. The van der Waals surface area contributed by atoms with Gasteiger partial charge in [0.05, 0.1) is 31.6 Å². The molecule has 10 nitrogen and oxygen atoms in total. The Labute approximate surface area is 210 Å². The summed E-state index contributed by atoms with van der Waals surface area (Å²) in [6.45, 7) is 9.66. The van der Waals surface area contributed by atoms with Gasteiger partial charge in [-0.05, 0) is 73.2 Å². The molecule has 0 aliphatic heterocycles. The van der Waals surface area contributed by atoms with E-state index < -0.39 is 0 Å². The van der Waals surface area contributed by atoms with Crippen LogP contribution >= 0.6 is 0 Å². The van der Waals surface area contributed by atoms with Crippen LogP contribution < -0.4 is 16.8 Å². The Morgan fingerprint density at radius 2 is 2.17 bits per heavy atom. The molecule has 3 aromatic rings. The SMILES string of the molecule is C=N/C=C\C(C)=C(/C)c1cc2cc(NC(=O)[C@@H]3C[C@H]3c3cnn(CCOCCN)c3)ncc2c(N)n1. The summed E-state index contributed by atoms with van der Waals surface area (Å²) >= 11 is 0. The average Bonchev–Trinajstić information content (AvgIpc) is 3.54. The monoisotopic (exact) mass is 488 g/mol. The summed E-state index contributed by atoms with van der Waals surface area (Å²) in [5, 5.41) is 8.92. The zero-order valence-electron chi connectivity index (χ0n) is 20.6. The molecule has 0 spiro atoms. The molecule has 0 radical (unpaired) electrons. The molecule has 1 aliphatic carbocycles. The van der Waals surface area contributed by atoms with Crippen molar-refractivity contribution < 1.29 is 9.53 Å². The number of pyridine rings is 2. The first-order chi connectivity index (χ1) is 17.4. The topological polar surface area (TPSA) is 146 Å². The van der Waals surface area contributed by atoms with Gasteiger partial charge in [-0.2, -0.15) is 5.10 Å². The molecular weight excluding hydrogens is 456 g/mol. The lowest BCUT2D eigenvalue weighted by molar-refractivity contribution is -0.117. The minimum Gasteiger partial charge on any atom is -0.383 e. The number of nitrogens with two attached hydrogens (primary N) is 2. The second-order valence-corrected chi connectivity index (χ2v) is 8.87. The third-order valence-corrected chi connectivity index (χ3v) is 6.34. The van der Waals surface area contributed by atoms with Gasteiger partial charge in [-0.25, -0.2) is 9.97 Å². The van der Waals surface area contributed by atoms with E-state index in [1.807, 2.05) is 49.1 Å². The number of hydrogen-bond donors (Lipinski definition) is 3. The van der Waals surface area contributed by atoms with Gasteiger partial charge in [0.1, 0.15) is 11.6 Å². The third-order valence-electron chi connectivity index (χ3n) is 6.34. The summed E-state index contributed by atoms with van der Waals surface area (Å²) in [5.41, 5.74) is 15.4. The van der Waals surface area contributed by atoms with E-state index in [1.54, 1.807) is 12.4 Å². The third kappa shape index (κ3) is 5.84. The Morgan fingerprint density at radius 1 is 1.33 bits per heavy atom. The van der Waals surface area contributed by atoms with E-state index in [1.165, 1.54) is 0 Å². The van der Waals surface area contributed by atoms with Gasteiger partial charge >= 0.3 is 0 Å². The second-order valence-electron chi connectivity index (χ2n) is 8.87. The molecule has 0 unspecified atom stereocenters. The number of nitrogens with zero attached hydrogens (tertiary/aromatic N) is 5. The highest BCUT2D eigenvalue weighted by Crippen LogP contribution is 2.47. The van der Waals surface area contributed by atoms with E-state index in [9.17, 15) is 4.79 Å². The Hall–Kier alpha value is -3.89. The maximum Gasteiger partial charge on any atom is 0.229 e. The molecule has 2 atom stereocenters. The summed E-state index contributed by atoms with van der Waals surface area (Å²) < 4.78 is 7.24. The zero-order valence-corrected chi connectivity index (χ0v) is 20.6. The van der Waals surface area contributed by atoms with E-state index in [2.05, 4.69) is 32.1 Å². The minimum atomic E-state index is -0.107.